The molecule has 2 heteroatoms. The number of aryl methyl sites for hydroxylation is 2. The highest BCUT2D eigenvalue weighted by Crippen LogP contribution is 2.21. The first-order chi connectivity index (χ1) is 10.1. The van der Waals surface area contributed by atoms with Crippen molar-refractivity contribution in [1.82, 2.24) is 4.90 Å². The zero-order valence-corrected chi connectivity index (χ0v) is 13.3. The fraction of sp³-hybridized carbons (Fsp3) is 0.368. The molecule has 0 amide bonds. The highest BCUT2D eigenvalue weighted by atomic mass is 15.1. The second-order valence-corrected chi connectivity index (χ2v) is 5.75. The van der Waals surface area contributed by atoms with Crippen LogP contribution in [0.25, 0.3) is 0 Å². The van der Waals surface area contributed by atoms with E-state index >= 15 is 0 Å². The van der Waals surface area contributed by atoms with Gasteiger partial charge in [0.1, 0.15) is 0 Å². The van der Waals surface area contributed by atoms with Crippen LogP contribution in [-0.4, -0.2) is 18.5 Å². The first-order valence-corrected chi connectivity index (χ1v) is 7.68. The number of hydrogen-bond acceptors (Lipinski definition) is 2. The summed E-state index contributed by atoms with van der Waals surface area (Å²) in [4.78, 5) is 2.33. The molecule has 21 heavy (non-hydrogen) atoms. The highest BCUT2D eigenvalue weighted by molar-refractivity contribution is 5.26. The molecule has 2 nitrogen and oxygen atoms in total. The van der Waals surface area contributed by atoms with Gasteiger partial charge in [-0.05, 0) is 37.1 Å². The van der Waals surface area contributed by atoms with Crippen LogP contribution in [0.1, 0.15) is 35.2 Å². The molecule has 2 rings (SSSR count). The molecular formula is C19H26N2. The molecular weight excluding hydrogens is 256 g/mol. The number of benzene rings is 2. The molecule has 0 fully saturated rings. The summed E-state index contributed by atoms with van der Waals surface area (Å²) < 4.78 is 0. The predicted molar refractivity (Wildman–Crippen MR) is 90.3 cm³/mol. The standard InChI is InChI=1S/C19H26N2/c1-4-16-7-9-17(10-8-16)14-21(3)19(13-20)18-11-5-15(2)6-12-18/h5-12,19H,4,13-14,20H2,1-3H3. The van der Waals surface area contributed by atoms with Gasteiger partial charge in [0, 0.05) is 19.1 Å². The Balaban J connectivity index is 2.08. The second kappa shape index (κ2) is 7.39. The van der Waals surface area contributed by atoms with E-state index in [2.05, 4.69) is 74.3 Å². The van der Waals surface area contributed by atoms with Gasteiger partial charge >= 0.3 is 0 Å². The lowest BCUT2D eigenvalue weighted by molar-refractivity contribution is 0.242. The SMILES string of the molecule is CCc1ccc(CN(C)C(CN)c2ccc(C)cc2)cc1. The number of hydrogen-bond donors (Lipinski definition) is 1. The molecule has 0 saturated heterocycles. The highest BCUT2D eigenvalue weighted by Gasteiger charge is 2.15. The predicted octanol–water partition coefficient (Wildman–Crippen LogP) is 3.69. The summed E-state index contributed by atoms with van der Waals surface area (Å²) in [5.74, 6) is 0. The topological polar surface area (TPSA) is 29.3 Å². The van der Waals surface area contributed by atoms with Gasteiger partial charge in [0.25, 0.3) is 0 Å². The summed E-state index contributed by atoms with van der Waals surface area (Å²) in [6.07, 6.45) is 1.09. The monoisotopic (exact) mass is 282 g/mol. The second-order valence-electron chi connectivity index (χ2n) is 5.75. The van der Waals surface area contributed by atoms with Crippen molar-refractivity contribution in [1.29, 1.82) is 0 Å². The van der Waals surface area contributed by atoms with Gasteiger partial charge in [-0.2, -0.15) is 0 Å². The number of rotatable bonds is 6. The molecule has 1 unspecified atom stereocenters. The van der Waals surface area contributed by atoms with Crippen molar-refractivity contribution in [3.05, 3.63) is 70.8 Å². The van der Waals surface area contributed by atoms with Gasteiger partial charge in [0.15, 0.2) is 0 Å². The van der Waals surface area contributed by atoms with Crippen molar-refractivity contribution in [2.45, 2.75) is 32.9 Å². The van der Waals surface area contributed by atoms with Crippen LogP contribution < -0.4 is 5.73 Å². The van der Waals surface area contributed by atoms with E-state index < -0.39 is 0 Å². The van der Waals surface area contributed by atoms with E-state index in [0.29, 0.717) is 6.54 Å². The van der Waals surface area contributed by atoms with Crippen molar-refractivity contribution >= 4 is 0 Å². The Bertz CT molecular complexity index is 543. The maximum atomic E-state index is 6.00. The van der Waals surface area contributed by atoms with E-state index in [9.17, 15) is 0 Å². The van der Waals surface area contributed by atoms with Crippen LogP contribution in [0.15, 0.2) is 48.5 Å². The molecule has 1 atom stereocenters. The Kier molecular flexibility index (Phi) is 5.54. The summed E-state index contributed by atoms with van der Waals surface area (Å²) in [5, 5.41) is 0. The Hall–Kier alpha value is -1.64. The van der Waals surface area contributed by atoms with Gasteiger partial charge in [-0.3, -0.25) is 4.90 Å². The van der Waals surface area contributed by atoms with Crippen LogP contribution in [0, 0.1) is 6.92 Å². The third-order valence-corrected chi connectivity index (χ3v) is 4.08. The number of nitrogens with zero attached hydrogens (tertiary/aromatic N) is 1. The molecule has 0 spiro atoms. The average Bonchev–Trinajstić information content (AvgIpc) is 2.50. The maximum absolute atomic E-state index is 6.00. The Morgan fingerprint density at radius 2 is 1.52 bits per heavy atom. The van der Waals surface area contributed by atoms with Gasteiger partial charge in [-0.15, -0.1) is 0 Å². The van der Waals surface area contributed by atoms with E-state index in [4.69, 9.17) is 5.73 Å². The molecule has 2 aromatic rings. The first kappa shape index (κ1) is 15.7. The molecule has 0 aliphatic rings. The Morgan fingerprint density at radius 1 is 0.952 bits per heavy atom. The summed E-state index contributed by atoms with van der Waals surface area (Å²) >= 11 is 0. The molecule has 0 radical (unpaired) electrons. The molecule has 0 aliphatic carbocycles. The molecule has 2 N–H and O–H groups in total. The molecule has 0 saturated carbocycles. The van der Waals surface area contributed by atoms with Crippen molar-refractivity contribution in [3.8, 4) is 0 Å². The summed E-state index contributed by atoms with van der Waals surface area (Å²) in [6.45, 7) is 5.84. The molecule has 2 aromatic carbocycles. The van der Waals surface area contributed by atoms with E-state index in [1.807, 2.05) is 0 Å². The summed E-state index contributed by atoms with van der Waals surface area (Å²) in [6, 6.07) is 17.8. The maximum Gasteiger partial charge on any atom is 0.0470 e. The van der Waals surface area contributed by atoms with Crippen LogP contribution in [0.2, 0.25) is 0 Å². The smallest absolute Gasteiger partial charge is 0.0470 e. The lowest BCUT2D eigenvalue weighted by Crippen LogP contribution is -2.30. The first-order valence-electron chi connectivity index (χ1n) is 7.68. The zero-order valence-electron chi connectivity index (χ0n) is 13.3. The fourth-order valence-corrected chi connectivity index (χ4v) is 2.64. The van der Waals surface area contributed by atoms with E-state index in [0.717, 1.165) is 13.0 Å². The minimum absolute atomic E-state index is 0.261. The van der Waals surface area contributed by atoms with E-state index in [-0.39, 0.29) is 6.04 Å². The molecule has 0 aliphatic heterocycles. The third kappa shape index (κ3) is 4.16. The fourth-order valence-electron chi connectivity index (χ4n) is 2.64. The van der Waals surface area contributed by atoms with Gasteiger partial charge in [0.2, 0.25) is 0 Å². The van der Waals surface area contributed by atoms with Gasteiger partial charge < -0.3 is 5.73 Å². The van der Waals surface area contributed by atoms with Crippen molar-refractivity contribution in [3.63, 3.8) is 0 Å². The minimum atomic E-state index is 0.261. The normalized spacial score (nSPS) is 12.6. The van der Waals surface area contributed by atoms with Crippen LogP contribution in [0.5, 0.6) is 0 Å². The third-order valence-electron chi connectivity index (χ3n) is 4.08. The van der Waals surface area contributed by atoms with E-state index in [1.54, 1.807) is 0 Å². The van der Waals surface area contributed by atoms with Crippen LogP contribution in [0.4, 0.5) is 0 Å². The molecule has 0 heterocycles. The van der Waals surface area contributed by atoms with Gasteiger partial charge in [-0.1, -0.05) is 61.0 Å². The quantitative estimate of drug-likeness (QED) is 0.875. The summed E-state index contributed by atoms with van der Waals surface area (Å²) in [7, 11) is 2.14. The Labute approximate surface area is 128 Å². The van der Waals surface area contributed by atoms with E-state index in [1.165, 1.54) is 22.3 Å². The van der Waals surface area contributed by atoms with Crippen LogP contribution in [0.3, 0.4) is 0 Å². The molecule has 0 aromatic heterocycles. The lowest BCUT2D eigenvalue weighted by atomic mass is 10.0. The van der Waals surface area contributed by atoms with Gasteiger partial charge in [-0.25, -0.2) is 0 Å². The molecule has 112 valence electrons. The van der Waals surface area contributed by atoms with Crippen LogP contribution in [-0.2, 0) is 13.0 Å². The number of likely N-dealkylation sites (N-methyl/N-ethyl adjacent to an activating group) is 1. The largest absolute Gasteiger partial charge is 0.329 e. The van der Waals surface area contributed by atoms with Crippen molar-refractivity contribution in [2.24, 2.45) is 5.73 Å². The summed E-state index contributed by atoms with van der Waals surface area (Å²) in [5.41, 5.74) is 11.3. The number of nitrogens with two attached hydrogens (primary N) is 1. The average molecular weight is 282 g/mol. The van der Waals surface area contributed by atoms with Crippen molar-refractivity contribution in [2.75, 3.05) is 13.6 Å². The van der Waals surface area contributed by atoms with Crippen molar-refractivity contribution < 1.29 is 0 Å². The molecule has 0 bridgehead atoms. The van der Waals surface area contributed by atoms with Gasteiger partial charge in [0.05, 0.1) is 0 Å². The van der Waals surface area contributed by atoms with Crippen LogP contribution >= 0.6 is 0 Å². The lowest BCUT2D eigenvalue weighted by Gasteiger charge is -2.27. The Morgan fingerprint density at radius 3 is 2.05 bits per heavy atom. The minimum Gasteiger partial charge on any atom is -0.329 e. The zero-order chi connectivity index (χ0) is 15.2.